The van der Waals surface area contributed by atoms with Crippen molar-refractivity contribution in [3.05, 3.63) is 34.9 Å². The maximum atomic E-state index is 12.8. The SMILES string of the molecule is O=C(NC[C@]1(O)CCCNC1)c1cc(C(F)(F)F)cc(C(F)(F)F)c1. The molecule has 0 bridgehead atoms. The molecule has 0 aliphatic carbocycles. The van der Waals surface area contributed by atoms with E-state index in [-0.39, 0.29) is 19.2 Å². The van der Waals surface area contributed by atoms with Crippen LogP contribution in [0.2, 0.25) is 0 Å². The highest BCUT2D eigenvalue weighted by atomic mass is 19.4. The van der Waals surface area contributed by atoms with Crippen LogP contribution in [0.5, 0.6) is 0 Å². The summed E-state index contributed by atoms with van der Waals surface area (Å²) in [4.78, 5) is 12.0. The van der Waals surface area contributed by atoms with Crippen LogP contribution in [0.4, 0.5) is 26.3 Å². The largest absolute Gasteiger partial charge is 0.416 e. The Morgan fingerprint density at radius 2 is 1.68 bits per heavy atom. The second-order valence-electron chi connectivity index (χ2n) is 5.98. The molecule has 25 heavy (non-hydrogen) atoms. The molecule has 1 aliphatic rings. The van der Waals surface area contributed by atoms with Gasteiger partial charge in [0.15, 0.2) is 0 Å². The fraction of sp³-hybridized carbons (Fsp3) is 0.533. The van der Waals surface area contributed by atoms with Crippen molar-refractivity contribution in [2.45, 2.75) is 30.8 Å². The third-order valence-electron chi connectivity index (χ3n) is 3.88. The fourth-order valence-corrected chi connectivity index (χ4v) is 2.54. The van der Waals surface area contributed by atoms with E-state index in [1.165, 1.54) is 0 Å². The van der Waals surface area contributed by atoms with Gasteiger partial charge in [-0.3, -0.25) is 4.79 Å². The molecule has 1 aliphatic heterocycles. The number of halogens is 6. The normalized spacial score (nSPS) is 21.9. The third-order valence-corrected chi connectivity index (χ3v) is 3.88. The number of rotatable bonds is 3. The maximum absolute atomic E-state index is 12.8. The highest BCUT2D eigenvalue weighted by molar-refractivity contribution is 5.94. The van der Waals surface area contributed by atoms with E-state index in [4.69, 9.17) is 0 Å². The Kier molecular flexibility index (Phi) is 5.33. The number of benzene rings is 1. The molecule has 10 heteroatoms. The number of hydrogen-bond acceptors (Lipinski definition) is 3. The quantitative estimate of drug-likeness (QED) is 0.717. The van der Waals surface area contributed by atoms with Crippen LogP contribution in [-0.2, 0) is 12.4 Å². The minimum absolute atomic E-state index is 0.0463. The van der Waals surface area contributed by atoms with Gasteiger partial charge >= 0.3 is 12.4 Å². The van der Waals surface area contributed by atoms with Crippen LogP contribution in [0.3, 0.4) is 0 Å². The molecule has 0 radical (unpaired) electrons. The van der Waals surface area contributed by atoms with Crippen molar-refractivity contribution < 1.29 is 36.2 Å². The summed E-state index contributed by atoms with van der Waals surface area (Å²) in [6.45, 7) is 0.568. The molecule has 1 atom stereocenters. The molecule has 1 saturated heterocycles. The Hall–Kier alpha value is -1.81. The summed E-state index contributed by atoms with van der Waals surface area (Å²) in [5, 5.41) is 15.3. The minimum Gasteiger partial charge on any atom is -0.387 e. The molecule has 1 amide bonds. The number of aliphatic hydroxyl groups is 1. The monoisotopic (exact) mass is 370 g/mol. The van der Waals surface area contributed by atoms with Gasteiger partial charge in [0.2, 0.25) is 0 Å². The van der Waals surface area contributed by atoms with Crippen LogP contribution in [0, 0.1) is 0 Å². The third kappa shape index (κ3) is 5.08. The second kappa shape index (κ2) is 6.83. The van der Waals surface area contributed by atoms with Gasteiger partial charge in [0, 0.05) is 18.7 Å². The van der Waals surface area contributed by atoms with Crippen molar-refractivity contribution in [1.82, 2.24) is 10.6 Å². The lowest BCUT2D eigenvalue weighted by Crippen LogP contribution is -2.52. The van der Waals surface area contributed by atoms with E-state index < -0.39 is 40.6 Å². The van der Waals surface area contributed by atoms with Gasteiger partial charge in [-0.25, -0.2) is 0 Å². The van der Waals surface area contributed by atoms with Crippen LogP contribution < -0.4 is 10.6 Å². The number of amides is 1. The summed E-state index contributed by atoms with van der Waals surface area (Å²) in [5.74, 6) is -1.12. The molecule has 3 N–H and O–H groups in total. The van der Waals surface area contributed by atoms with Crippen LogP contribution in [0.1, 0.15) is 34.3 Å². The lowest BCUT2D eigenvalue weighted by atomic mass is 9.94. The van der Waals surface area contributed by atoms with E-state index in [9.17, 15) is 36.2 Å². The summed E-state index contributed by atoms with van der Waals surface area (Å²) in [6.07, 6.45) is -9.06. The standard InChI is InChI=1S/C15H16F6N2O2/c16-14(17,18)10-4-9(5-11(6-10)15(19,20)21)12(24)23-8-13(25)2-1-3-22-7-13/h4-6,22,25H,1-3,7-8H2,(H,23,24)/t13-/m0/s1. The average Bonchev–Trinajstić information content (AvgIpc) is 2.51. The molecule has 1 fully saturated rings. The highest BCUT2D eigenvalue weighted by Gasteiger charge is 2.38. The van der Waals surface area contributed by atoms with Gasteiger partial charge in [0.25, 0.3) is 5.91 Å². The number of carbonyl (C=O) groups is 1. The molecular weight excluding hydrogens is 354 g/mol. The van der Waals surface area contributed by atoms with Crippen molar-refractivity contribution in [1.29, 1.82) is 0 Å². The van der Waals surface area contributed by atoms with Gasteiger partial charge < -0.3 is 15.7 Å². The molecule has 1 heterocycles. The van der Waals surface area contributed by atoms with E-state index in [0.717, 1.165) is 0 Å². The van der Waals surface area contributed by atoms with Crippen LogP contribution in [-0.4, -0.2) is 36.2 Å². The number of carbonyl (C=O) groups excluding carboxylic acids is 1. The topological polar surface area (TPSA) is 61.4 Å². The number of β-amino-alcohol motifs (C(OH)–C–C–N with tert-alkyl or cyclic N) is 1. The molecule has 0 unspecified atom stereocenters. The van der Waals surface area contributed by atoms with E-state index >= 15 is 0 Å². The lowest BCUT2D eigenvalue weighted by molar-refractivity contribution is -0.143. The molecule has 140 valence electrons. The molecular formula is C15H16F6N2O2. The predicted octanol–water partition coefficient (Wildman–Crippen LogP) is 2.57. The van der Waals surface area contributed by atoms with Crippen molar-refractivity contribution in [3.63, 3.8) is 0 Å². The molecule has 2 rings (SSSR count). The summed E-state index contributed by atoms with van der Waals surface area (Å²) in [5.41, 5.74) is -5.19. The maximum Gasteiger partial charge on any atom is 0.416 e. The van der Waals surface area contributed by atoms with Gasteiger partial charge in [0.05, 0.1) is 16.7 Å². The summed E-state index contributed by atoms with van der Waals surface area (Å²) >= 11 is 0. The fourth-order valence-electron chi connectivity index (χ4n) is 2.54. The summed E-state index contributed by atoms with van der Waals surface area (Å²) < 4.78 is 76.7. The Balaban J connectivity index is 2.23. The molecule has 1 aromatic carbocycles. The Morgan fingerprint density at radius 3 is 2.12 bits per heavy atom. The Morgan fingerprint density at radius 1 is 1.12 bits per heavy atom. The Labute approximate surface area is 139 Å². The predicted molar refractivity (Wildman–Crippen MR) is 75.8 cm³/mol. The highest BCUT2D eigenvalue weighted by Crippen LogP contribution is 2.36. The van der Waals surface area contributed by atoms with Crippen LogP contribution >= 0.6 is 0 Å². The smallest absolute Gasteiger partial charge is 0.387 e. The average molecular weight is 370 g/mol. The molecule has 1 aromatic rings. The first kappa shape index (κ1) is 19.5. The first-order valence-corrected chi connectivity index (χ1v) is 7.41. The van der Waals surface area contributed by atoms with Crippen molar-refractivity contribution >= 4 is 5.91 Å². The minimum atomic E-state index is -5.03. The molecule has 4 nitrogen and oxygen atoms in total. The van der Waals surface area contributed by atoms with Crippen molar-refractivity contribution in [2.75, 3.05) is 19.6 Å². The number of hydrogen-bond donors (Lipinski definition) is 3. The molecule has 0 spiro atoms. The van der Waals surface area contributed by atoms with Crippen LogP contribution in [0.25, 0.3) is 0 Å². The second-order valence-corrected chi connectivity index (χ2v) is 5.98. The van der Waals surface area contributed by atoms with Gasteiger partial charge in [-0.2, -0.15) is 26.3 Å². The first-order chi connectivity index (χ1) is 11.4. The van der Waals surface area contributed by atoms with Gasteiger partial charge in [-0.15, -0.1) is 0 Å². The zero-order chi connectivity index (χ0) is 18.9. The van der Waals surface area contributed by atoms with E-state index in [2.05, 4.69) is 10.6 Å². The molecule has 0 saturated carbocycles. The van der Waals surface area contributed by atoms with Crippen LogP contribution in [0.15, 0.2) is 18.2 Å². The zero-order valence-electron chi connectivity index (χ0n) is 12.9. The number of piperidine rings is 1. The summed E-state index contributed by atoms with van der Waals surface area (Å²) in [6, 6.07) is 0.664. The lowest BCUT2D eigenvalue weighted by Gasteiger charge is -2.32. The zero-order valence-corrected chi connectivity index (χ0v) is 12.9. The van der Waals surface area contributed by atoms with E-state index in [1.54, 1.807) is 0 Å². The first-order valence-electron chi connectivity index (χ1n) is 7.41. The van der Waals surface area contributed by atoms with Gasteiger partial charge in [-0.05, 0) is 37.6 Å². The van der Waals surface area contributed by atoms with Crippen molar-refractivity contribution in [2.24, 2.45) is 0 Å². The Bertz CT molecular complexity index is 604. The van der Waals surface area contributed by atoms with Gasteiger partial charge in [0.1, 0.15) is 0 Å². The van der Waals surface area contributed by atoms with Gasteiger partial charge in [-0.1, -0.05) is 0 Å². The summed E-state index contributed by atoms with van der Waals surface area (Å²) in [7, 11) is 0. The number of nitrogens with one attached hydrogen (secondary N) is 2. The number of alkyl halides is 6. The molecule has 0 aromatic heterocycles. The van der Waals surface area contributed by atoms with Crippen molar-refractivity contribution in [3.8, 4) is 0 Å². The van der Waals surface area contributed by atoms with E-state index in [0.29, 0.717) is 31.5 Å². The van der Waals surface area contributed by atoms with E-state index in [1.807, 2.05) is 0 Å².